The molecule has 1 amide bonds. The van der Waals surface area contributed by atoms with Crippen molar-refractivity contribution in [2.24, 2.45) is 23.7 Å². The van der Waals surface area contributed by atoms with Crippen molar-refractivity contribution >= 4 is 27.7 Å². The molecule has 1 aromatic heterocycles. The van der Waals surface area contributed by atoms with Gasteiger partial charge in [0.2, 0.25) is 0 Å². The molecule has 0 unspecified atom stereocenters. The first-order valence-corrected chi connectivity index (χ1v) is 8.51. The van der Waals surface area contributed by atoms with Gasteiger partial charge in [0.05, 0.1) is 0 Å². The van der Waals surface area contributed by atoms with E-state index < -0.39 is 4.92 Å². The molecule has 5 rings (SSSR count). The molecule has 22 heavy (non-hydrogen) atoms. The summed E-state index contributed by atoms with van der Waals surface area (Å²) in [5, 5.41) is 20.0. The maximum absolute atomic E-state index is 12.4. The van der Waals surface area contributed by atoms with E-state index in [1.165, 1.54) is 32.1 Å². The summed E-state index contributed by atoms with van der Waals surface area (Å²) in [6.45, 7) is 0. The van der Waals surface area contributed by atoms with Crippen LogP contribution in [0.3, 0.4) is 0 Å². The number of halogens is 1. The van der Waals surface area contributed by atoms with Crippen LogP contribution in [-0.2, 0) is 0 Å². The molecule has 0 atom stereocenters. The Hall–Kier alpha value is -1.44. The van der Waals surface area contributed by atoms with E-state index in [2.05, 4.69) is 31.4 Å². The number of aromatic amines is 1. The second-order valence-electron chi connectivity index (χ2n) is 6.92. The largest absolute Gasteiger partial charge is 0.358 e. The number of hydrogen-bond acceptors (Lipinski definition) is 4. The minimum atomic E-state index is -0.587. The zero-order chi connectivity index (χ0) is 15.4. The van der Waals surface area contributed by atoms with E-state index in [9.17, 15) is 14.9 Å². The minimum Gasteiger partial charge on any atom is -0.358 e. The number of hydrogen-bond donors (Lipinski definition) is 2. The highest BCUT2D eigenvalue weighted by Crippen LogP contribution is 2.53. The molecule has 118 valence electrons. The zero-order valence-corrected chi connectivity index (χ0v) is 13.5. The van der Waals surface area contributed by atoms with Gasteiger partial charge in [0.1, 0.15) is 4.47 Å². The fourth-order valence-corrected chi connectivity index (χ4v) is 5.47. The molecule has 4 aliphatic carbocycles. The van der Waals surface area contributed by atoms with E-state index in [1.807, 2.05) is 0 Å². The van der Waals surface area contributed by atoms with Crippen molar-refractivity contribution < 1.29 is 9.72 Å². The van der Waals surface area contributed by atoms with Gasteiger partial charge >= 0.3 is 5.82 Å². The van der Waals surface area contributed by atoms with E-state index in [4.69, 9.17) is 0 Å². The lowest BCUT2D eigenvalue weighted by molar-refractivity contribution is -0.390. The molecule has 2 N–H and O–H groups in total. The van der Waals surface area contributed by atoms with Crippen LogP contribution in [0.1, 0.15) is 42.6 Å². The van der Waals surface area contributed by atoms with E-state index >= 15 is 0 Å². The van der Waals surface area contributed by atoms with Crippen LogP contribution in [-0.4, -0.2) is 27.1 Å². The van der Waals surface area contributed by atoms with Gasteiger partial charge in [0.15, 0.2) is 5.69 Å². The maximum atomic E-state index is 12.4. The Balaban J connectivity index is 1.52. The van der Waals surface area contributed by atoms with Crippen molar-refractivity contribution in [3.63, 3.8) is 0 Å². The molecule has 4 bridgehead atoms. The third kappa shape index (κ3) is 2.15. The summed E-state index contributed by atoms with van der Waals surface area (Å²) in [7, 11) is 0. The lowest BCUT2D eigenvalue weighted by atomic mass is 9.54. The van der Waals surface area contributed by atoms with Gasteiger partial charge in [0.25, 0.3) is 5.91 Å². The second kappa shape index (κ2) is 5.04. The molecule has 0 aromatic carbocycles. The van der Waals surface area contributed by atoms with Crippen LogP contribution < -0.4 is 5.32 Å². The summed E-state index contributed by atoms with van der Waals surface area (Å²) in [6, 6.07) is 0.197. The van der Waals surface area contributed by atoms with Gasteiger partial charge in [-0.25, -0.2) is 0 Å². The number of nitrogens with one attached hydrogen (secondary N) is 2. The molecule has 4 aliphatic rings. The molecule has 0 spiro atoms. The standard InChI is InChI=1S/C14H17BrN4O3/c15-10-12(17-18-13(10)19(21)22)14(20)16-11-8-2-6-1-7(4-8)5-9(11)3-6/h6-9,11H,1-5H2,(H,16,20)(H,17,18). The molecule has 0 saturated heterocycles. The normalized spacial score (nSPS) is 35.6. The summed E-state index contributed by atoms with van der Waals surface area (Å²) < 4.78 is 0.124. The molecule has 0 aliphatic heterocycles. The zero-order valence-electron chi connectivity index (χ0n) is 11.9. The molecular formula is C14H17BrN4O3. The Bertz CT molecular complexity index is 616. The first-order valence-electron chi connectivity index (χ1n) is 7.72. The van der Waals surface area contributed by atoms with E-state index in [0.29, 0.717) is 11.8 Å². The van der Waals surface area contributed by atoms with Crippen LogP contribution in [0.15, 0.2) is 4.47 Å². The number of aromatic nitrogens is 2. The van der Waals surface area contributed by atoms with Gasteiger partial charge in [0, 0.05) is 6.04 Å². The topological polar surface area (TPSA) is 101 Å². The van der Waals surface area contributed by atoms with Crippen molar-refractivity contribution in [2.45, 2.75) is 38.1 Å². The summed E-state index contributed by atoms with van der Waals surface area (Å²) in [6.07, 6.45) is 6.20. The third-order valence-corrected chi connectivity index (χ3v) is 6.36. The van der Waals surface area contributed by atoms with Crippen molar-refractivity contribution in [1.82, 2.24) is 15.5 Å². The van der Waals surface area contributed by atoms with Gasteiger partial charge in [-0.2, -0.15) is 0 Å². The number of amides is 1. The van der Waals surface area contributed by atoms with Crippen molar-refractivity contribution in [3.05, 3.63) is 20.3 Å². The quantitative estimate of drug-likeness (QED) is 0.632. The molecule has 7 nitrogen and oxygen atoms in total. The second-order valence-corrected chi connectivity index (χ2v) is 7.71. The molecule has 0 radical (unpaired) electrons. The first kappa shape index (κ1) is 14.2. The van der Waals surface area contributed by atoms with Gasteiger partial charge in [-0.05, 0) is 76.6 Å². The van der Waals surface area contributed by atoms with E-state index in [1.54, 1.807) is 0 Å². The van der Waals surface area contributed by atoms with Crippen LogP contribution >= 0.6 is 15.9 Å². The lowest BCUT2D eigenvalue weighted by Gasteiger charge is -2.54. The van der Waals surface area contributed by atoms with E-state index in [-0.39, 0.29) is 27.9 Å². The van der Waals surface area contributed by atoms with Gasteiger partial charge in [-0.1, -0.05) is 5.10 Å². The summed E-state index contributed by atoms with van der Waals surface area (Å²) in [4.78, 5) is 22.7. The fourth-order valence-electron chi connectivity index (χ4n) is 4.97. The van der Waals surface area contributed by atoms with Crippen LogP contribution in [0.25, 0.3) is 0 Å². The average molecular weight is 369 g/mol. The van der Waals surface area contributed by atoms with Crippen molar-refractivity contribution in [3.8, 4) is 0 Å². The van der Waals surface area contributed by atoms with Crippen LogP contribution in [0, 0.1) is 33.8 Å². The smallest absolute Gasteiger partial charge is 0.357 e. The molecule has 1 aromatic rings. The lowest BCUT2D eigenvalue weighted by Crippen LogP contribution is -2.55. The average Bonchev–Trinajstić information content (AvgIpc) is 2.84. The summed E-state index contributed by atoms with van der Waals surface area (Å²) in [5.74, 6) is 2.20. The number of H-pyrrole nitrogens is 1. The highest BCUT2D eigenvalue weighted by Gasteiger charge is 2.48. The highest BCUT2D eigenvalue weighted by molar-refractivity contribution is 9.10. The Morgan fingerprint density at radius 3 is 2.32 bits per heavy atom. The SMILES string of the molecule is O=C(NC1C2CC3CC(C2)CC1C3)c1n[nH]c([N+](=O)[O-])c1Br. The molecular weight excluding hydrogens is 352 g/mol. The third-order valence-electron chi connectivity index (χ3n) is 5.61. The van der Waals surface area contributed by atoms with Crippen LogP contribution in [0.5, 0.6) is 0 Å². The minimum absolute atomic E-state index is 0.0699. The Labute approximate surface area is 135 Å². The van der Waals surface area contributed by atoms with Crippen LogP contribution in [0.4, 0.5) is 5.82 Å². The monoisotopic (exact) mass is 368 g/mol. The predicted octanol–water partition coefficient (Wildman–Crippen LogP) is 2.63. The van der Waals surface area contributed by atoms with E-state index in [0.717, 1.165) is 11.8 Å². The first-order chi connectivity index (χ1) is 10.5. The van der Waals surface area contributed by atoms with Gasteiger partial charge in [-0.3, -0.25) is 4.79 Å². The number of carbonyl (C=O) groups is 1. The number of nitro groups is 1. The summed E-state index contributed by atoms with van der Waals surface area (Å²) >= 11 is 3.10. The number of nitrogens with zero attached hydrogens (tertiary/aromatic N) is 2. The van der Waals surface area contributed by atoms with Gasteiger partial charge < -0.3 is 15.4 Å². The summed E-state index contributed by atoms with van der Waals surface area (Å²) in [5.41, 5.74) is 0.0699. The van der Waals surface area contributed by atoms with Gasteiger partial charge in [-0.15, -0.1) is 5.10 Å². The van der Waals surface area contributed by atoms with Crippen LogP contribution in [0.2, 0.25) is 0 Å². The molecule has 4 saturated carbocycles. The number of rotatable bonds is 3. The number of carbonyl (C=O) groups excluding carboxylic acids is 1. The van der Waals surface area contributed by atoms with Crippen molar-refractivity contribution in [2.75, 3.05) is 0 Å². The van der Waals surface area contributed by atoms with Crippen molar-refractivity contribution in [1.29, 1.82) is 0 Å². The molecule has 8 heteroatoms. The molecule has 1 heterocycles. The Morgan fingerprint density at radius 2 is 1.82 bits per heavy atom. The fraction of sp³-hybridized carbons (Fsp3) is 0.714. The maximum Gasteiger partial charge on any atom is 0.357 e. The molecule has 4 fully saturated rings. The Kier molecular flexibility index (Phi) is 3.25. The highest BCUT2D eigenvalue weighted by atomic mass is 79.9. The Morgan fingerprint density at radius 1 is 1.23 bits per heavy atom. The predicted molar refractivity (Wildman–Crippen MR) is 81.2 cm³/mol.